The predicted molar refractivity (Wildman–Crippen MR) is 127 cm³/mol. The molecule has 4 rings (SSSR count). The Hall–Kier alpha value is -4.39. The molecule has 33 heavy (non-hydrogen) atoms. The van der Waals surface area contributed by atoms with E-state index in [0.29, 0.717) is 5.95 Å². The highest BCUT2D eigenvalue weighted by Crippen LogP contribution is 2.24. The number of amides is 2. The average molecular weight is 441 g/mol. The van der Waals surface area contributed by atoms with Crippen LogP contribution in [0.3, 0.4) is 0 Å². The Kier molecular flexibility index (Phi) is 6.50. The molecule has 7 nitrogen and oxygen atoms in total. The number of nitrogens with one attached hydrogen (secondary N) is 1. The molecule has 2 amide bonds. The Balaban J connectivity index is 1.61. The van der Waals surface area contributed by atoms with Crippen molar-refractivity contribution in [3.05, 3.63) is 103 Å². The molecule has 2 heterocycles. The Morgan fingerprint density at radius 3 is 2.52 bits per heavy atom. The number of aryl methyl sites for hydroxylation is 1. The first kappa shape index (κ1) is 21.8. The van der Waals surface area contributed by atoms with Crippen LogP contribution in [0.2, 0.25) is 0 Å². The summed E-state index contributed by atoms with van der Waals surface area (Å²) in [6.45, 7) is 5.72. The van der Waals surface area contributed by atoms with Gasteiger partial charge in [0, 0.05) is 24.0 Å². The number of anilines is 1. The first-order chi connectivity index (χ1) is 16.0. The van der Waals surface area contributed by atoms with Gasteiger partial charge in [-0.05, 0) is 31.2 Å². The molecule has 1 N–H and O–H groups in total. The van der Waals surface area contributed by atoms with Crippen LogP contribution in [0, 0.1) is 6.92 Å². The Labute approximate surface area is 192 Å². The molecule has 4 aromatic rings. The summed E-state index contributed by atoms with van der Waals surface area (Å²) >= 11 is 0. The number of aromatic nitrogens is 2. The molecule has 0 spiro atoms. The lowest BCUT2D eigenvalue weighted by Gasteiger charge is -2.19. The number of rotatable bonds is 8. The van der Waals surface area contributed by atoms with Gasteiger partial charge >= 0.3 is 0 Å². The van der Waals surface area contributed by atoms with Crippen LogP contribution in [0.5, 0.6) is 0 Å². The molecule has 166 valence electrons. The van der Waals surface area contributed by atoms with Crippen molar-refractivity contribution in [2.45, 2.75) is 6.92 Å². The van der Waals surface area contributed by atoms with Gasteiger partial charge < -0.3 is 9.32 Å². The van der Waals surface area contributed by atoms with Gasteiger partial charge in [0.15, 0.2) is 5.76 Å². The van der Waals surface area contributed by atoms with Gasteiger partial charge in [0.1, 0.15) is 6.54 Å². The van der Waals surface area contributed by atoms with Gasteiger partial charge in [-0.2, -0.15) is 0 Å². The maximum Gasteiger partial charge on any atom is 0.290 e. The summed E-state index contributed by atoms with van der Waals surface area (Å²) in [6.07, 6.45) is 4.86. The Bertz CT molecular complexity index is 1240. The Morgan fingerprint density at radius 1 is 1.09 bits per heavy atom. The summed E-state index contributed by atoms with van der Waals surface area (Å²) < 4.78 is 7.01. The van der Waals surface area contributed by atoms with Crippen molar-refractivity contribution >= 4 is 17.8 Å². The highest BCUT2D eigenvalue weighted by Gasteiger charge is 2.21. The topological polar surface area (TPSA) is 80.4 Å². The number of imidazole rings is 1. The van der Waals surface area contributed by atoms with Crippen LogP contribution in [0.15, 0.2) is 96.3 Å². The van der Waals surface area contributed by atoms with E-state index in [1.165, 1.54) is 11.2 Å². The van der Waals surface area contributed by atoms with Crippen LogP contribution >= 0.6 is 0 Å². The number of furan rings is 1. The maximum atomic E-state index is 12.9. The van der Waals surface area contributed by atoms with Crippen LogP contribution in [-0.4, -0.2) is 39.4 Å². The van der Waals surface area contributed by atoms with Crippen LogP contribution in [0.4, 0.5) is 5.95 Å². The second-order valence-electron chi connectivity index (χ2n) is 7.52. The normalized spacial score (nSPS) is 10.6. The van der Waals surface area contributed by atoms with E-state index in [2.05, 4.69) is 16.9 Å². The fraction of sp³-hybridized carbons (Fsp3) is 0.115. The van der Waals surface area contributed by atoms with Crippen LogP contribution in [-0.2, 0) is 4.79 Å². The number of carbonyl (C=O) groups is 2. The zero-order chi connectivity index (χ0) is 23.2. The van der Waals surface area contributed by atoms with Gasteiger partial charge in [0.05, 0.1) is 12.0 Å². The highest BCUT2D eigenvalue weighted by atomic mass is 16.3. The van der Waals surface area contributed by atoms with E-state index < -0.39 is 0 Å². The third-order valence-electron chi connectivity index (χ3n) is 5.04. The van der Waals surface area contributed by atoms with Gasteiger partial charge in [-0.25, -0.2) is 4.98 Å². The molecule has 0 saturated heterocycles. The lowest BCUT2D eigenvalue weighted by Crippen LogP contribution is -2.38. The highest BCUT2D eigenvalue weighted by molar-refractivity contribution is 5.97. The average Bonchev–Trinajstić information content (AvgIpc) is 3.50. The molecule has 0 radical (unpaired) electrons. The molecule has 2 aromatic heterocycles. The van der Waals surface area contributed by atoms with E-state index in [1.807, 2.05) is 72.3 Å². The summed E-state index contributed by atoms with van der Waals surface area (Å²) in [5.41, 5.74) is 3.64. The SMILES string of the molecule is C=CCN(CC(=O)Nc1nc(-c2ccccc2)cn1-c1ccc(C)cc1)C(=O)c1ccco1. The third-order valence-corrected chi connectivity index (χ3v) is 5.04. The van der Waals surface area contributed by atoms with Crippen molar-refractivity contribution in [1.82, 2.24) is 14.5 Å². The number of nitrogens with zero attached hydrogens (tertiary/aromatic N) is 3. The molecule has 0 bridgehead atoms. The third kappa shape index (κ3) is 5.10. The lowest BCUT2D eigenvalue weighted by molar-refractivity contribution is -0.116. The molecule has 0 aliphatic heterocycles. The molecule has 0 fully saturated rings. The second kappa shape index (κ2) is 9.82. The molecule has 2 aromatic carbocycles. The standard InChI is InChI=1S/C26H24N4O3/c1-3-15-29(25(32)23-10-7-16-33-23)18-24(31)28-26-27-22(20-8-5-4-6-9-20)17-30(26)21-13-11-19(2)12-14-21/h3-14,16-17H,1,15,18H2,2H3,(H,27,28,31). The van der Waals surface area contributed by atoms with E-state index in [-0.39, 0.29) is 30.7 Å². The van der Waals surface area contributed by atoms with Crippen molar-refractivity contribution in [3.63, 3.8) is 0 Å². The largest absolute Gasteiger partial charge is 0.459 e. The Morgan fingerprint density at radius 2 is 1.85 bits per heavy atom. The summed E-state index contributed by atoms with van der Waals surface area (Å²) in [7, 11) is 0. The lowest BCUT2D eigenvalue weighted by atomic mass is 10.2. The van der Waals surface area contributed by atoms with Crippen molar-refractivity contribution < 1.29 is 14.0 Å². The minimum atomic E-state index is -0.387. The number of hydrogen-bond donors (Lipinski definition) is 1. The van der Waals surface area contributed by atoms with E-state index in [9.17, 15) is 9.59 Å². The first-order valence-electron chi connectivity index (χ1n) is 10.5. The molecule has 7 heteroatoms. The fourth-order valence-electron chi connectivity index (χ4n) is 3.39. The fourth-order valence-corrected chi connectivity index (χ4v) is 3.39. The van der Waals surface area contributed by atoms with Crippen molar-refractivity contribution in [1.29, 1.82) is 0 Å². The summed E-state index contributed by atoms with van der Waals surface area (Å²) in [4.78, 5) is 31.6. The molecular formula is C26H24N4O3. The van der Waals surface area contributed by atoms with Gasteiger partial charge in [0.25, 0.3) is 5.91 Å². The summed E-state index contributed by atoms with van der Waals surface area (Å²) in [5, 5.41) is 2.86. The molecule has 0 aliphatic carbocycles. The van der Waals surface area contributed by atoms with Gasteiger partial charge in [-0.1, -0.05) is 54.1 Å². The van der Waals surface area contributed by atoms with E-state index in [4.69, 9.17) is 4.42 Å². The second-order valence-corrected chi connectivity index (χ2v) is 7.52. The first-order valence-corrected chi connectivity index (χ1v) is 10.5. The maximum absolute atomic E-state index is 12.9. The van der Waals surface area contributed by atoms with Gasteiger partial charge in [-0.3, -0.25) is 19.5 Å². The molecule has 0 saturated carbocycles. The van der Waals surface area contributed by atoms with Crippen LogP contribution < -0.4 is 5.32 Å². The van der Waals surface area contributed by atoms with Crippen molar-refractivity contribution in [2.75, 3.05) is 18.4 Å². The molecule has 0 aliphatic rings. The molecule has 0 atom stereocenters. The van der Waals surface area contributed by atoms with E-state index >= 15 is 0 Å². The van der Waals surface area contributed by atoms with Crippen LogP contribution in [0.1, 0.15) is 16.1 Å². The van der Waals surface area contributed by atoms with Crippen molar-refractivity contribution in [3.8, 4) is 16.9 Å². The number of benzene rings is 2. The van der Waals surface area contributed by atoms with Crippen molar-refractivity contribution in [2.24, 2.45) is 0 Å². The smallest absolute Gasteiger partial charge is 0.290 e. The minimum absolute atomic E-state index is 0.164. The molecule has 0 unspecified atom stereocenters. The van der Waals surface area contributed by atoms with E-state index in [0.717, 1.165) is 22.5 Å². The van der Waals surface area contributed by atoms with Gasteiger partial charge in [-0.15, -0.1) is 6.58 Å². The predicted octanol–water partition coefficient (Wildman–Crippen LogP) is 4.71. The number of hydrogen-bond acceptors (Lipinski definition) is 4. The zero-order valence-corrected chi connectivity index (χ0v) is 18.3. The molecular weight excluding hydrogens is 416 g/mol. The quantitative estimate of drug-likeness (QED) is 0.403. The minimum Gasteiger partial charge on any atom is -0.459 e. The summed E-state index contributed by atoms with van der Waals surface area (Å²) in [6, 6.07) is 20.8. The monoisotopic (exact) mass is 440 g/mol. The van der Waals surface area contributed by atoms with Crippen LogP contribution in [0.25, 0.3) is 16.9 Å². The van der Waals surface area contributed by atoms with E-state index in [1.54, 1.807) is 18.2 Å². The number of carbonyl (C=O) groups excluding carboxylic acids is 2. The zero-order valence-electron chi connectivity index (χ0n) is 18.3. The van der Waals surface area contributed by atoms with Gasteiger partial charge in [0.2, 0.25) is 11.9 Å². The summed E-state index contributed by atoms with van der Waals surface area (Å²) in [5.74, 6) is -0.235.